The predicted octanol–water partition coefficient (Wildman–Crippen LogP) is 13.6. The van der Waals surface area contributed by atoms with Crippen LogP contribution in [0.2, 0.25) is 0 Å². The Labute approximate surface area is 344 Å². The summed E-state index contributed by atoms with van der Waals surface area (Å²) in [4.78, 5) is 32.9. The fourth-order valence-corrected chi connectivity index (χ4v) is 8.49. The standard InChI is InChI=1S/C49H97N3O3/c1-6-9-12-15-18-21-23-25-27-29-32-35-39-46(40-36-33-30-28-26-24-22-19-16-13-10-7-2)47(53)52(43-38-42-51(4)5)49(44-55-45-49)48(54)50-41-37-34-31-20-17-14-11-8-3/h46H,6-45H2,1-5H3,(H,50,54). The Morgan fingerprint density at radius 1 is 0.491 bits per heavy atom. The van der Waals surface area contributed by atoms with Crippen LogP contribution >= 0.6 is 0 Å². The fourth-order valence-electron chi connectivity index (χ4n) is 8.49. The van der Waals surface area contributed by atoms with Gasteiger partial charge in [-0.15, -0.1) is 0 Å². The van der Waals surface area contributed by atoms with Crippen LogP contribution in [0, 0.1) is 5.92 Å². The summed E-state index contributed by atoms with van der Waals surface area (Å²) >= 11 is 0. The number of rotatable bonds is 42. The summed E-state index contributed by atoms with van der Waals surface area (Å²) < 4.78 is 5.78. The minimum Gasteiger partial charge on any atom is -0.375 e. The topological polar surface area (TPSA) is 61.9 Å². The first kappa shape index (κ1) is 51.9. The number of unbranched alkanes of at least 4 members (excludes halogenated alkanes) is 29. The van der Waals surface area contributed by atoms with Crippen LogP contribution in [0.25, 0.3) is 0 Å². The first-order chi connectivity index (χ1) is 26.9. The third-order valence-electron chi connectivity index (χ3n) is 12.4. The van der Waals surface area contributed by atoms with Crippen molar-refractivity contribution in [3.05, 3.63) is 0 Å². The van der Waals surface area contributed by atoms with Gasteiger partial charge in [-0.2, -0.15) is 0 Å². The van der Waals surface area contributed by atoms with Gasteiger partial charge in [0, 0.05) is 19.0 Å². The Bertz CT molecular complexity index is 832. The summed E-state index contributed by atoms with van der Waals surface area (Å²) in [7, 11) is 4.18. The largest absolute Gasteiger partial charge is 0.375 e. The van der Waals surface area contributed by atoms with E-state index in [4.69, 9.17) is 4.74 Å². The van der Waals surface area contributed by atoms with E-state index in [-0.39, 0.29) is 17.7 Å². The van der Waals surface area contributed by atoms with Crippen molar-refractivity contribution < 1.29 is 14.3 Å². The Morgan fingerprint density at radius 2 is 0.836 bits per heavy atom. The van der Waals surface area contributed by atoms with Crippen molar-refractivity contribution in [1.82, 2.24) is 15.1 Å². The fraction of sp³-hybridized carbons (Fsp3) is 0.959. The lowest BCUT2D eigenvalue weighted by atomic mass is 9.87. The van der Waals surface area contributed by atoms with Gasteiger partial charge in [-0.3, -0.25) is 9.59 Å². The van der Waals surface area contributed by atoms with Gasteiger partial charge in [0.1, 0.15) is 0 Å². The van der Waals surface area contributed by atoms with Gasteiger partial charge in [0.05, 0.1) is 13.2 Å². The highest BCUT2D eigenvalue weighted by Gasteiger charge is 2.53. The zero-order valence-corrected chi connectivity index (χ0v) is 38.0. The van der Waals surface area contributed by atoms with Crippen LogP contribution in [0.15, 0.2) is 0 Å². The molecule has 1 heterocycles. The molecule has 0 spiro atoms. The van der Waals surface area contributed by atoms with Gasteiger partial charge in [-0.1, -0.05) is 220 Å². The summed E-state index contributed by atoms with van der Waals surface area (Å²) in [5.74, 6) is 0.230. The normalized spacial score (nSPS) is 13.8. The molecular formula is C49H97N3O3. The molecule has 1 N–H and O–H groups in total. The van der Waals surface area contributed by atoms with Gasteiger partial charge in [-0.05, 0) is 46.3 Å². The second-order valence-corrected chi connectivity index (χ2v) is 18.0. The SMILES string of the molecule is CCCCCCCCCCCCCCC(CCCCCCCCCCCCCC)C(=O)N(CCCN(C)C)C1(C(=O)NCCCCCCCCCC)COC1. The lowest BCUT2D eigenvalue weighted by Crippen LogP contribution is -2.72. The summed E-state index contributed by atoms with van der Waals surface area (Å²) in [5.41, 5.74) is -0.852. The molecule has 0 radical (unpaired) electrons. The van der Waals surface area contributed by atoms with E-state index in [2.05, 4.69) is 45.1 Å². The lowest BCUT2D eigenvalue weighted by Gasteiger charge is -2.49. The molecule has 1 saturated heterocycles. The Hall–Kier alpha value is -1.14. The van der Waals surface area contributed by atoms with Gasteiger partial charge >= 0.3 is 0 Å². The molecule has 0 saturated carbocycles. The maximum Gasteiger partial charge on any atom is 0.250 e. The molecule has 1 aliphatic heterocycles. The molecule has 6 heteroatoms. The summed E-state index contributed by atoms with van der Waals surface area (Å²) in [6.45, 7) is 9.72. The molecule has 1 rings (SSSR count). The van der Waals surface area contributed by atoms with E-state index >= 15 is 0 Å². The van der Waals surface area contributed by atoms with E-state index in [0.717, 1.165) is 51.5 Å². The highest BCUT2D eigenvalue weighted by atomic mass is 16.5. The number of ether oxygens (including phenoxy) is 1. The van der Waals surface area contributed by atoms with E-state index in [1.807, 2.05) is 4.90 Å². The predicted molar refractivity (Wildman–Crippen MR) is 239 cm³/mol. The van der Waals surface area contributed by atoms with Gasteiger partial charge in [0.2, 0.25) is 5.91 Å². The number of hydrogen-bond donors (Lipinski definition) is 1. The third-order valence-corrected chi connectivity index (χ3v) is 12.4. The number of carbonyl (C=O) groups excluding carboxylic acids is 2. The summed E-state index contributed by atoms with van der Waals surface area (Å²) in [5, 5.41) is 3.27. The zero-order chi connectivity index (χ0) is 40.1. The molecule has 0 aromatic carbocycles. The van der Waals surface area contributed by atoms with E-state index < -0.39 is 5.54 Å². The minimum absolute atomic E-state index is 0.00332. The highest BCUT2D eigenvalue weighted by Crippen LogP contribution is 2.31. The van der Waals surface area contributed by atoms with Crippen LogP contribution in [0.3, 0.4) is 0 Å². The molecule has 0 aromatic rings. The van der Waals surface area contributed by atoms with Crippen LogP contribution in [0.1, 0.15) is 245 Å². The molecule has 0 aromatic heterocycles. The lowest BCUT2D eigenvalue weighted by molar-refractivity contribution is -0.182. The van der Waals surface area contributed by atoms with Crippen molar-refractivity contribution in [3.63, 3.8) is 0 Å². The molecule has 0 atom stereocenters. The maximum atomic E-state index is 14.7. The van der Waals surface area contributed by atoms with E-state index in [0.29, 0.717) is 26.3 Å². The smallest absolute Gasteiger partial charge is 0.250 e. The van der Waals surface area contributed by atoms with E-state index in [1.165, 1.54) is 180 Å². The molecule has 0 unspecified atom stereocenters. The van der Waals surface area contributed by atoms with Crippen LogP contribution in [-0.2, 0) is 14.3 Å². The first-order valence-corrected chi connectivity index (χ1v) is 24.7. The maximum absolute atomic E-state index is 14.7. The quantitative estimate of drug-likeness (QED) is 0.0627. The van der Waals surface area contributed by atoms with Crippen LogP contribution < -0.4 is 5.32 Å². The van der Waals surface area contributed by atoms with Gasteiger partial charge in [0.15, 0.2) is 5.54 Å². The van der Waals surface area contributed by atoms with Crippen LogP contribution in [0.5, 0.6) is 0 Å². The monoisotopic (exact) mass is 776 g/mol. The molecule has 1 aliphatic rings. The Morgan fingerprint density at radius 3 is 1.16 bits per heavy atom. The van der Waals surface area contributed by atoms with Crippen molar-refractivity contribution in [2.45, 2.75) is 251 Å². The number of nitrogens with zero attached hydrogens (tertiary/aromatic N) is 2. The first-order valence-electron chi connectivity index (χ1n) is 24.7. The van der Waals surface area contributed by atoms with E-state index in [9.17, 15) is 9.59 Å². The van der Waals surface area contributed by atoms with E-state index in [1.54, 1.807) is 0 Å². The van der Waals surface area contributed by atoms with Gasteiger partial charge in [0.25, 0.3) is 5.91 Å². The molecule has 326 valence electrons. The van der Waals surface area contributed by atoms with Crippen molar-refractivity contribution in [3.8, 4) is 0 Å². The Balaban J connectivity index is 2.76. The van der Waals surface area contributed by atoms with Crippen molar-refractivity contribution >= 4 is 11.8 Å². The van der Waals surface area contributed by atoms with Crippen molar-refractivity contribution in [2.75, 3.05) is 46.9 Å². The second-order valence-electron chi connectivity index (χ2n) is 18.0. The number of nitrogens with one attached hydrogen (secondary N) is 1. The molecular weight excluding hydrogens is 679 g/mol. The van der Waals surface area contributed by atoms with Crippen molar-refractivity contribution in [1.29, 1.82) is 0 Å². The third kappa shape index (κ3) is 26.5. The zero-order valence-electron chi connectivity index (χ0n) is 38.0. The molecule has 0 bridgehead atoms. The molecule has 55 heavy (non-hydrogen) atoms. The number of amides is 2. The molecule has 2 amide bonds. The average Bonchev–Trinajstić information content (AvgIpc) is 3.15. The molecule has 0 aliphatic carbocycles. The van der Waals surface area contributed by atoms with Gasteiger partial charge in [-0.25, -0.2) is 0 Å². The Kier molecular flexibility index (Phi) is 35.0. The van der Waals surface area contributed by atoms with Crippen molar-refractivity contribution in [2.24, 2.45) is 5.92 Å². The van der Waals surface area contributed by atoms with Crippen LogP contribution in [-0.4, -0.2) is 74.1 Å². The molecule has 1 fully saturated rings. The number of hydrogen-bond acceptors (Lipinski definition) is 4. The minimum atomic E-state index is -0.852. The summed E-state index contributed by atoms with van der Waals surface area (Å²) in [6, 6.07) is 0. The number of carbonyl (C=O) groups is 2. The van der Waals surface area contributed by atoms with Gasteiger partial charge < -0.3 is 19.9 Å². The summed E-state index contributed by atoms with van der Waals surface area (Å²) in [6.07, 6.45) is 44.7. The molecule has 6 nitrogen and oxygen atoms in total. The second kappa shape index (κ2) is 37.2. The average molecular weight is 776 g/mol. The highest BCUT2D eigenvalue weighted by molar-refractivity contribution is 5.93. The van der Waals surface area contributed by atoms with Crippen LogP contribution in [0.4, 0.5) is 0 Å².